The van der Waals surface area contributed by atoms with Gasteiger partial charge in [-0.15, -0.1) is 0 Å². The summed E-state index contributed by atoms with van der Waals surface area (Å²) in [7, 11) is 0. The number of hydrogen-bond acceptors (Lipinski definition) is 2. The molecular formula is C15H8F3NO2. The van der Waals surface area contributed by atoms with E-state index in [0.29, 0.717) is 11.0 Å². The molecule has 0 aromatic heterocycles. The molecule has 3 nitrogen and oxygen atoms in total. The highest BCUT2D eigenvalue weighted by Gasteiger charge is 2.36. The first kappa shape index (κ1) is 13.4. The van der Waals surface area contributed by atoms with E-state index in [4.69, 9.17) is 0 Å². The Morgan fingerprint density at radius 1 is 0.810 bits per heavy atom. The summed E-state index contributed by atoms with van der Waals surface area (Å²) in [4.78, 5) is 24.9. The monoisotopic (exact) mass is 291 g/mol. The lowest BCUT2D eigenvalue weighted by Gasteiger charge is -2.15. The standard InChI is InChI=1S/C15H8F3NO2/c16-11-5-6-12(17)13(18)10(11)7-19-14(20)8-3-1-2-4-9(8)15(19)21/h1-6H,7H2. The number of benzene rings is 2. The first-order valence-corrected chi connectivity index (χ1v) is 6.08. The summed E-state index contributed by atoms with van der Waals surface area (Å²) in [6, 6.07) is 7.47. The van der Waals surface area contributed by atoms with E-state index in [1.165, 1.54) is 12.1 Å². The number of carbonyl (C=O) groups excluding carboxylic acids is 2. The zero-order chi connectivity index (χ0) is 15.1. The van der Waals surface area contributed by atoms with Crippen LogP contribution in [0.15, 0.2) is 36.4 Å². The molecule has 0 atom stereocenters. The van der Waals surface area contributed by atoms with Gasteiger partial charge in [-0.05, 0) is 24.3 Å². The van der Waals surface area contributed by atoms with Gasteiger partial charge in [0.05, 0.1) is 17.7 Å². The molecule has 1 aliphatic rings. The third-order valence-corrected chi connectivity index (χ3v) is 3.33. The van der Waals surface area contributed by atoms with Crippen molar-refractivity contribution in [2.75, 3.05) is 0 Å². The van der Waals surface area contributed by atoms with Gasteiger partial charge in [0.15, 0.2) is 11.6 Å². The van der Waals surface area contributed by atoms with Crippen molar-refractivity contribution in [1.29, 1.82) is 0 Å². The smallest absolute Gasteiger partial charge is 0.261 e. The summed E-state index contributed by atoms with van der Waals surface area (Å²) >= 11 is 0. The average molecular weight is 291 g/mol. The highest BCUT2D eigenvalue weighted by molar-refractivity contribution is 6.21. The molecule has 0 fully saturated rings. The Labute approximate surface area is 117 Å². The van der Waals surface area contributed by atoms with Crippen molar-refractivity contribution >= 4 is 11.8 Å². The number of fused-ring (bicyclic) bond motifs is 1. The van der Waals surface area contributed by atoms with Crippen LogP contribution < -0.4 is 0 Å². The number of imide groups is 1. The zero-order valence-corrected chi connectivity index (χ0v) is 10.6. The van der Waals surface area contributed by atoms with Gasteiger partial charge in [0.2, 0.25) is 0 Å². The Kier molecular flexibility index (Phi) is 3.01. The van der Waals surface area contributed by atoms with E-state index < -0.39 is 41.4 Å². The van der Waals surface area contributed by atoms with Gasteiger partial charge in [0.25, 0.3) is 11.8 Å². The van der Waals surface area contributed by atoms with Crippen molar-refractivity contribution in [3.05, 3.63) is 70.5 Å². The fourth-order valence-electron chi connectivity index (χ4n) is 2.25. The maximum atomic E-state index is 13.6. The average Bonchev–Trinajstić information content (AvgIpc) is 2.72. The van der Waals surface area contributed by atoms with E-state index in [2.05, 4.69) is 0 Å². The number of rotatable bonds is 2. The van der Waals surface area contributed by atoms with Gasteiger partial charge in [0, 0.05) is 5.56 Å². The lowest BCUT2D eigenvalue weighted by atomic mass is 10.1. The number of amides is 2. The van der Waals surface area contributed by atoms with Crippen LogP contribution >= 0.6 is 0 Å². The highest BCUT2D eigenvalue weighted by Crippen LogP contribution is 2.26. The molecule has 2 aromatic carbocycles. The highest BCUT2D eigenvalue weighted by atomic mass is 19.2. The van der Waals surface area contributed by atoms with E-state index in [1.54, 1.807) is 12.1 Å². The first-order chi connectivity index (χ1) is 10.0. The molecule has 2 amide bonds. The van der Waals surface area contributed by atoms with Crippen LogP contribution in [0.4, 0.5) is 13.2 Å². The third-order valence-electron chi connectivity index (χ3n) is 3.33. The molecule has 21 heavy (non-hydrogen) atoms. The van der Waals surface area contributed by atoms with E-state index in [1.807, 2.05) is 0 Å². The predicted octanol–water partition coefficient (Wildman–Crippen LogP) is 2.90. The summed E-state index contributed by atoms with van der Waals surface area (Å²) in [5.41, 5.74) is -0.316. The Morgan fingerprint density at radius 3 is 1.90 bits per heavy atom. The molecule has 106 valence electrons. The quantitative estimate of drug-likeness (QED) is 0.630. The number of carbonyl (C=O) groups is 2. The molecular weight excluding hydrogens is 283 g/mol. The summed E-state index contributed by atoms with van der Waals surface area (Å²) in [6.45, 7) is -0.651. The summed E-state index contributed by atoms with van der Waals surface area (Å²) in [6.07, 6.45) is 0. The van der Waals surface area contributed by atoms with Crippen LogP contribution in [0.1, 0.15) is 26.3 Å². The third kappa shape index (κ3) is 1.99. The van der Waals surface area contributed by atoms with E-state index in [9.17, 15) is 22.8 Å². The Morgan fingerprint density at radius 2 is 1.33 bits per heavy atom. The largest absolute Gasteiger partial charge is 0.270 e. The molecule has 1 aliphatic heterocycles. The van der Waals surface area contributed by atoms with Crippen LogP contribution in [-0.4, -0.2) is 16.7 Å². The van der Waals surface area contributed by atoms with Gasteiger partial charge >= 0.3 is 0 Å². The van der Waals surface area contributed by atoms with Gasteiger partial charge in [-0.3, -0.25) is 14.5 Å². The number of hydrogen-bond donors (Lipinski definition) is 0. The molecule has 0 spiro atoms. The van der Waals surface area contributed by atoms with Crippen molar-refractivity contribution in [2.24, 2.45) is 0 Å². The molecule has 0 unspecified atom stereocenters. The van der Waals surface area contributed by atoms with Crippen LogP contribution in [0, 0.1) is 17.5 Å². The van der Waals surface area contributed by atoms with E-state index in [0.717, 1.165) is 6.07 Å². The second-order valence-corrected chi connectivity index (χ2v) is 4.56. The van der Waals surface area contributed by atoms with Gasteiger partial charge in [-0.2, -0.15) is 0 Å². The number of nitrogens with zero attached hydrogens (tertiary/aromatic N) is 1. The molecule has 2 aromatic rings. The van der Waals surface area contributed by atoms with Crippen LogP contribution in [0.5, 0.6) is 0 Å². The van der Waals surface area contributed by atoms with Gasteiger partial charge in [-0.25, -0.2) is 13.2 Å². The summed E-state index contributed by atoms with van der Waals surface area (Å²) in [5, 5.41) is 0. The van der Waals surface area contributed by atoms with E-state index >= 15 is 0 Å². The van der Waals surface area contributed by atoms with Crippen molar-refractivity contribution < 1.29 is 22.8 Å². The second-order valence-electron chi connectivity index (χ2n) is 4.56. The predicted molar refractivity (Wildman–Crippen MR) is 67.0 cm³/mol. The Balaban J connectivity index is 2.00. The van der Waals surface area contributed by atoms with Crippen LogP contribution in [-0.2, 0) is 6.54 Å². The fraction of sp³-hybridized carbons (Fsp3) is 0.0667. The van der Waals surface area contributed by atoms with Crippen LogP contribution in [0.25, 0.3) is 0 Å². The minimum Gasteiger partial charge on any atom is -0.270 e. The molecule has 6 heteroatoms. The van der Waals surface area contributed by atoms with Crippen molar-refractivity contribution in [1.82, 2.24) is 4.90 Å². The van der Waals surface area contributed by atoms with Crippen LogP contribution in [0.3, 0.4) is 0 Å². The molecule has 0 saturated carbocycles. The maximum Gasteiger partial charge on any atom is 0.261 e. The molecule has 0 saturated heterocycles. The number of halogens is 3. The summed E-state index contributed by atoms with van der Waals surface area (Å²) < 4.78 is 40.4. The fourth-order valence-corrected chi connectivity index (χ4v) is 2.25. The van der Waals surface area contributed by atoms with Gasteiger partial charge in [0.1, 0.15) is 5.82 Å². The maximum absolute atomic E-state index is 13.6. The van der Waals surface area contributed by atoms with Crippen molar-refractivity contribution in [3.8, 4) is 0 Å². The minimum atomic E-state index is -1.40. The normalized spacial score (nSPS) is 13.8. The van der Waals surface area contributed by atoms with Crippen LogP contribution in [0.2, 0.25) is 0 Å². The van der Waals surface area contributed by atoms with Gasteiger partial charge < -0.3 is 0 Å². The molecule has 0 aliphatic carbocycles. The lowest BCUT2D eigenvalue weighted by molar-refractivity contribution is 0.0639. The topological polar surface area (TPSA) is 37.4 Å². The first-order valence-electron chi connectivity index (χ1n) is 6.08. The molecule has 0 bridgehead atoms. The SMILES string of the molecule is O=C1c2ccccc2C(=O)N1Cc1c(F)ccc(F)c1F. The molecule has 1 heterocycles. The van der Waals surface area contributed by atoms with E-state index in [-0.39, 0.29) is 11.1 Å². The summed E-state index contributed by atoms with van der Waals surface area (Å²) in [5.74, 6) is -4.95. The van der Waals surface area contributed by atoms with Crippen molar-refractivity contribution in [3.63, 3.8) is 0 Å². The molecule has 0 N–H and O–H groups in total. The Hall–Kier alpha value is -2.63. The molecule has 3 rings (SSSR count). The zero-order valence-electron chi connectivity index (χ0n) is 10.6. The Bertz CT molecular complexity index is 739. The van der Waals surface area contributed by atoms with Gasteiger partial charge in [-0.1, -0.05) is 12.1 Å². The second kappa shape index (κ2) is 4.73. The minimum absolute atomic E-state index is 0.166. The van der Waals surface area contributed by atoms with Crippen molar-refractivity contribution in [2.45, 2.75) is 6.54 Å². The molecule has 0 radical (unpaired) electrons. The lowest BCUT2D eigenvalue weighted by Crippen LogP contribution is -2.30.